The molecule has 5 rings (SSSR count). The van der Waals surface area contributed by atoms with E-state index in [1.807, 2.05) is 64.4 Å². The Bertz CT molecular complexity index is 1090. The summed E-state index contributed by atoms with van der Waals surface area (Å²) in [6.45, 7) is 4.26. The molecule has 5 heteroatoms. The van der Waals surface area contributed by atoms with E-state index < -0.39 is 0 Å². The molecule has 0 spiro atoms. The molecular formula is C27H30N2O3. The summed E-state index contributed by atoms with van der Waals surface area (Å²) in [5, 5.41) is 2.06. The fourth-order valence-corrected chi connectivity index (χ4v) is 5.30. The topological polar surface area (TPSA) is 53.8 Å². The number of nitrogens with zero attached hydrogens (tertiary/aromatic N) is 2. The number of fused-ring (bicyclic) bond motifs is 1. The molecule has 3 aromatic rings. The molecule has 2 atom stereocenters. The number of hydrogen-bond acceptors (Lipinski definition) is 3. The van der Waals surface area contributed by atoms with Crippen LogP contribution in [-0.4, -0.2) is 41.2 Å². The van der Waals surface area contributed by atoms with Gasteiger partial charge in [-0.3, -0.25) is 9.59 Å². The smallest absolute Gasteiger partial charge is 0.254 e. The number of likely N-dealkylation sites (tertiary alicyclic amines) is 2. The van der Waals surface area contributed by atoms with Crippen molar-refractivity contribution in [2.24, 2.45) is 11.8 Å². The average molecular weight is 431 g/mol. The first-order valence-corrected chi connectivity index (χ1v) is 11.7. The highest BCUT2D eigenvalue weighted by atomic mass is 16.3. The van der Waals surface area contributed by atoms with Crippen molar-refractivity contribution in [2.75, 3.05) is 19.6 Å². The van der Waals surface area contributed by atoms with Crippen molar-refractivity contribution < 1.29 is 14.0 Å². The van der Waals surface area contributed by atoms with Gasteiger partial charge in [0.05, 0.1) is 12.3 Å². The number of piperidine rings is 2. The zero-order valence-electron chi connectivity index (χ0n) is 18.6. The van der Waals surface area contributed by atoms with Crippen LogP contribution in [0, 0.1) is 11.8 Å². The van der Waals surface area contributed by atoms with E-state index in [9.17, 15) is 9.59 Å². The Morgan fingerprint density at radius 2 is 1.69 bits per heavy atom. The molecule has 2 aliphatic heterocycles. The van der Waals surface area contributed by atoms with Crippen LogP contribution >= 0.6 is 0 Å². The third-order valence-electron chi connectivity index (χ3n) is 7.17. The molecule has 1 aromatic heterocycles. The lowest BCUT2D eigenvalue weighted by atomic mass is 9.88. The maximum Gasteiger partial charge on any atom is 0.254 e. The van der Waals surface area contributed by atoms with Crippen LogP contribution in [0.25, 0.3) is 10.8 Å². The molecule has 2 unspecified atom stereocenters. The van der Waals surface area contributed by atoms with Gasteiger partial charge in [0.25, 0.3) is 5.91 Å². The monoisotopic (exact) mass is 430 g/mol. The second-order valence-corrected chi connectivity index (χ2v) is 9.29. The minimum absolute atomic E-state index is 0.0246. The Morgan fingerprint density at radius 3 is 2.47 bits per heavy atom. The van der Waals surface area contributed by atoms with E-state index in [2.05, 4.69) is 6.92 Å². The molecule has 2 fully saturated rings. The van der Waals surface area contributed by atoms with Crippen LogP contribution in [0.1, 0.15) is 54.8 Å². The average Bonchev–Trinajstić information content (AvgIpc) is 3.38. The molecule has 0 radical (unpaired) electrons. The molecule has 0 saturated carbocycles. The third-order valence-corrected chi connectivity index (χ3v) is 7.17. The molecular weight excluding hydrogens is 400 g/mol. The molecule has 32 heavy (non-hydrogen) atoms. The minimum Gasteiger partial charge on any atom is -0.467 e. The molecule has 0 N–H and O–H groups in total. The number of benzene rings is 2. The first kappa shape index (κ1) is 20.8. The number of carbonyl (C=O) groups is 2. The Morgan fingerprint density at radius 1 is 0.906 bits per heavy atom. The second kappa shape index (κ2) is 8.81. The van der Waals surface area contributed by atoms with Gasteiger partial charge in [-0.1, -0.05) is 43.3 Å². The van der Waals surface area contributed by atoms with Crippen molar-refractivity contribution >= 4 is 22.6 Å². The Balaban J connectivity index is 1.27. The largest absolute Gasteiger partial charge is 0.467 e. The number of rotatable bonds is 3. The SMILES string of the molecule is CC1CCN(C(=O)C2CCN(C(=O)c3cccc4ccccc34)CC2)C(c2ccco2)C1. The highest BCUT2D eigenvalue weighted by molar-refractivity contribution is 6.07. The number of carbonyl (C=O) groups excluding carboxylic acids is 2. The molecule has 5 nitrogen and oxygen atoms in total. The van der Waals surface area contributed by atoms with Crippen LogP contribution in [0.4, 0.5) is 0 Å². The van der Waals surface area contributed by atoms with E-state index in [0.717, 1.165) is 41.5 Å². The van der Waals surface area contributed by atoms with Gasteiger partial charge < -0.3 is 14.2 Å². The minimum atomic E-state index is -0.0302. The molecule has 0 bridgehead atoms. The van der Waals surface area contributed by atoms with E-state index >= 15 is 0 Å². The van der Waals surface area contributed by atoms with Gasteiger partial charge in [0.2, 0.25) is 5.91 Å². The number of furan rings is 1. The molecule has 2 saturated heterocycles. The zero-order chi connectivity index (χ0) is 22.1. The summed E-state index contributed by atoms with van der Waals surface area (Å²) in [4.78, 5) is 30.7. The summed E-state index contributed by atoms with van der Waals surface area (Å²) in [7, 11) is 0. The van der Waals surface area contributed by atoms with Crippen molar-refractivity contribution in [3.63, 3.8) is 0 Å². The Hall–Kier alpha value is -3.08. The quantitative estimate of drug-likeness (QED) is 0.568. The Kier molecular flexibility index (Phi) is 5.73. The molecule has 166 valence electrons. The number of hydrogen-bond donors (Lipinski definition) is 0. The normalized spacial score (nSPS) is 22.3. The second-order valence-electron chi connectivity index (χ2n) is 9.29. The van der Waals surface area contributed by atoms with Crippen molar-refractivity contribution in [1.29, 1.82) is 0 Å². The lowest BCUT2D eigenvalue weighted by molar-refractivity contribution is -0.142. The van der Waals surface area contributed by atoms with Crippen molar-refractivity contribution in [2.45, 2.75) is 38.6 Å². The molecule has 0 aliphatic carbocycles. The van der Waals surface area contributed by atoms with Gasteiger partial charge in [0, 0.05) is 31.1 Å². The van der Waals surface area contributed by atoms with Crippen molar-refractivity contribution in [3.05, 3.63) is 72.2 Å². The Labute approximate surface area is 189 Å². The highest BCUT2D eigenvalue weighted by Crippen LogP contribution is 2.36. The van der Waals surface area contributed by atoms with Gasteiger partial charge in [-0.05, 0) is 60.6 Å². The van der Waals surface area contributed by atoms with Crippen molar-refractivity contribution in [1.82, 2.24) is 9.80 Å². The van der Waals surface area contributed by atoms with Crippen LogP contribution < -0.4 is 0 Å². The van der Waals surface area contributed by atoms with Crippen LogP contribution in [0.2, 0.25) is 0 Å². The fourth-order valence-electron chi connectivity index (χ4n) is 5.30. The van der Waals surface area contributed by atoms with Gasteiger partial charge in [-0.25, -0.2) is 0 Å². The lowest BCUT2D eigenvalue weighted by Crippen LogP contribution is -2.47. The van der Waals surface area contributed by atoms with Crippen LogP contribution in [0.15, 0.2) is 65.3 Å². The summed E-state index contributed by atoms with van der Waals surface area (Å²) in [6.07, 6.45) is 5.09. The van der Waals surface area contributed by atoms with Crippen LogP contribution in [0.3, 0.4) is 0 Å². The van der Waals surface area contributed by atoms with E-state index in [4.69, 9.17) is 4.42 Å². The third kappa shape index (κ3) is 3.92. The summed E-state index contributed by atoms with van der Waals surface area (Å²) in [5.74, 6) is 1.71. The summed E-state index contributed by atoms with van der Waals surface area (Å²) < 4.78 is 5.67. The fraction of sp³-hybridized carbons (Fsp3) is 0.407. The van der Waals surface area contributed by atoms with Gasteiger partial charge >= 0.3 is 0 Å². The first-order valence-electron chi connectivity index (χ1n) is 11.7. The van der Waals surface area contributed by atoms with Gasteiger partial charge in [-0.2, -0.15) is 0 Å². The summed E-state index contributed by atoms with van der Waals surface area (Å²) in [6, 6.07) is 17.8. The molecule has 3 heterocycles. The summed E-state index contributed by atoms with van der Waals surface area (Å²) in [5.41, 5.74) is 0.746. The zero-order valence-corrected chi connectivity index (χ0v) is 18.6. The van der Waals surface area contributed by atoms with E-state index in [0.29, 0.717) is 31.8 Å². The molecule has 2 aromatic carbocycles. The highest BCUT2D eigenvalue weighted by Gasteiger charge is 2.37. The van der Waals surface area contributed by atoms with E-state index in [1.165, 1.54) is 0 Å². The maximum absolute atomic E-state index is 13.5. The standard InChI is InChI=1S/C27H30N2O3/c1-19-11-16-29(24(18-19)25-10-5-17-32-25)26(30)21-12-14-28(15-13-21)27(31)23-9-4-7-20-6-2-3-8-22(20)23/h2-10,17,19,21,24H,11-16,18H2,1H3. The van der Waals surface area contributed by atoms with Gasteiger partial charge in [0.15, 0.2) is 0 Å². The van der Waals surface area contributed by atoms with E-state index in [-0.39, 0.29) is 23.8 Å². The predicted molar refractivity (Wildman–Crippen MR) is 124 cm³/mol. The number of amides is 2. The van der Waals surface area contributed by atoms with E-state index in [1.54, 1.807) is 6.26 Å². The maximum atomic E-state index is 13.5. The van der Waals surface area contributed by atoms with Crippen LogP contribution in [-0.2, 0) is 4.79 Å². The van der Waals surface area contributed by atoms with Crippen molar-refractivity contribution in [3.8, 4) is 0 Å². The van der Waals surface area contributed by atoms with Gasteiger partial charge in [0.1, 0.15) is 5.76 Å². The first-order chi connectivity index (χ1) is 15.6. The lowest BCUT2D eigenvalue weighted by Gasteiger charge is -2.41. The molecule has 2 amide bonds. The molecule has 2 aliphatic rings. The predicted octanol–water partition coefficient (Wildman–Crippen LogP) is 5.28. The van der Waals surface area contributed by atoms with Gasteiger partial charge in [-0.15, -0.1) is 0 Å². The summed E-state index contributed by atoms with van der Waals surface area (Å²) >= 11 is 0. The van der Waals surface area contributed by atoms with Crippen LogP contribution in [0.5, 0.6) is 0 Å².